The summed E-state index contributed by atoms with van der Waals surface area (Å²) in [4.78, 5) is 16.2. The van der Waals surface area contributed by atoms with E-state index >= 15 is 0 Å². The number of carbonyl (C=O) groups excluding carboxylic acids is 1. The Morgan fingerprint density at radius 3 is 2.86 bits per heavy atom. The number of pyridine rings is 1. The van der Waals surface area contributed by atoms with Gasteiger partial charge >= 0.3 is 0 Å². The molecule has 2 heterocycles. The van der Waals surface area contributed by atoms with Crippen molar-refractivity contribution in [3.05, 3.63) is 46.7 Å². The largest absolute Gasteiger partial charge is 0.486 e. The van der Waals surface area contributed by atoms with Crippen LogP contribution >= 0.6 is 11.6 Å². The molecule has 0 fully saturated rings. The highest BCUT2D eigenvalue weighted by Gasteiger charge is 2.14. The average molecular weight is 319 g/mol. The third-order valence-electron chi connectivity index (χ3n) is 3.31. The van der Waals surface area contributed by atoms with Crippen LogP contribution in [0.15, 0.2) is 30.5 Å². The minimum Gasteiger partial charge on any atom is -0.486 e. The van der Waals surface area contributed by atoms with Gasteiger partial charge in [0.05, 0.1) is 22.8 Å². The van der Waals surface area contributed by atoms with Crippen LogP contribution in [0.4, 0.5) is 5.69 Å². The van der Waals surface area contributed by atoms with Crippen molar-refractivity contribution in [3.8, 4) is 11.5 Å². The van der Waals surface area contributed by atoms with Crippen LogP contribution in [-0.4, -0.2) is 24.1 Å². The van der Waals surface area contributed by atoms with E-state index in [0.717, 1.165) is 5.56 Å². The van der Waals surface area contributed by atoms with Gasteiger partial charge in [0.1, 0.15) is 13.2 Å². The highest BCUT2D eigenvalue weighted by molar-refractivity contribution is 6.34. The summed E-state index contributed by atoms with van der Waals surface area (Å²) in [5.74, 6) is 1.24. The molecule has 1 N–H and O–H groups in total. The van der Waals surface area contributed by atoms with Crippen LogP contribution < -0.4 is 14.8 Å². The Morgan fingerprint density at radius 1 is 1.27 bits per heavy atom. The Balaban J connectivity index is 1.70. The first kappa shape index (κ1) is 14.7. The summed E-state index contributed by atoms with van der Waals surface area (Å²) in [7, 11) is 0. The van der Waals surface area contributed by atoms with Gasteiger partial charge in [-0.05, 0) is 30.7 Å². The van der Waals surface area contributed by atoms with Gasteiger partial charge in [-0.1, -0.05) is 17.7 Å². The van der Waals surface area contributed by atoms with Gasteiger partial charge in [-0.2, -0.15) is 0 Å². The number of anilines is 1. The van der Waals surface area contributed by atoms with E-state index in [1.165, 1.54) is 0 Å². The highest BCUT2D eigenvalue weighted by atomic mass is 35.5. The third-order valence-corrected chi connectivity index (χ3v) is 3.79. The number of rotatable bonds is 3. The monoisotopic (exact) mass is 318 g/mol. The maximum Gasteiger partial charge on any atom is 0.228 e. The maximum atomic E-state index is 12.2. The molecule has 1 aliphatic rings. The molecule has 2 aromatic rings. The summed E-state index contributed by atoms with van der Waals surface area (Å²) in [6, 6.07) is 7.18. The van der Waals surface area contributed by atoms with Crippen molar-refractivity contribution in [1.82, 2.24) is 4.98 Å². The van der Waals surface area contributed by atoms with E-state index in [4.69, 9.17) is 21.1 Å². The number of fused-ring (bicyclic) bond motifs is 1. The van der Waals surface area contributed by atoms with Gasteiger partial charge in [0.15, 0.2) is 11.5 Å². The first-order valence-corrected chi connectivity index (χ1v) is 7.31. The Morgan fingerprint density at radius 2 is 2.05 bits per heavy atom. The SMILES string of the molecule is Cc1nccc(NC(=O)Cc2ccc3c(c2)OCCO3)c1Cl. The van der Waals surface area contributed by atoms with Gasteiger partial charge in [-0.25, -0.2) is 0 Å². The number of aromatic nitrogens is 1. The molecule has 6 heteroatoms. The van der Waals surface area contributed by atoms with Crippen LogP contribution in [0.2, 0.25) is 5.02 Å². The fourth-order valence-electron chi connectivity index (χ4n) is 2.22. The van der Waals surface area contributed by atoms with E-state index in [2.05, 4.69) is 10.3 Å². The number of amides is 1. The van der Waals surface area contributed by atoms with Gasteiger partial charge < -0.3 is 14.8 Å². The Bertz CT molecular complexity index is 719. The fraction of sp³-hybridized carbons (Fsp3) is 0.250. The molecule has 3 rings (SSSR count). The van der Waals surface area contributed by atoms with E-state index in [-0.39, 0.29) is 12.3 Å². The van der Waals surface area contributed by atoms with Gasteiger partial charge in [0.25, 0.3) is 0 Å². The smallest absolute Gasteiger partial charge is 0.228 e. The minimum atomic E-state index is -0.149. The fourth-order valence-corrected chi connectivity index (χ4v) is 2.38. The van der Waals surface area contributed by atoms with Gasteiger partial charge in [0, 0.05) is 6.20 Å². The number of aryl methyl sites for hydroxylation is 1. The van der Waals surface area contributed by atoms with E-state index < -0.39 is 0 Å². The van der Waals surface area contributed by atoms with Crippen LogP contribution in [0, 0.1) is 6.92 Å². The summed E-state index contributed by atoms with van der Waals surface area (Å²) >= 11 is 6.12. The first-order chi connectivity index (χ1) is 10.6. The predicted octanol–water partition coefficient (Wildman–Crippen LogP) is 3.00. The molecule has 0 unspecified atom stereocenters. The molecule has 5 nitrogen and oxygen atoms in total. The van der Waals surface area contributed by atoms with Gasteiger partial charge in [-0.15, -0.1) is 0 Å². The molecule has 0 spiro atoms. The molecule has 0 radical (unpaired) electrons. The van der Waals surface area contributed by atoms with Crippen LogP contribution in [0.3, 0.4) is 0 Å². The third kappa shape index (κ3) is 3.14. The van der Waals surface area contributed by atoms with Crippen molar-refractivity contribution in [3.63, 3.8) is 0 Å². The summed E-state index contributed by atoms with van der Waals surface area (Å²) in [6.07, 6.45) is 1.84. The molecule has 22 heavy (non-hydrogen) atoms. The van der Waals surface area contributed by atoms with E-state index in [1.54, 1.807) is 19.2 Å². The topological polar surface area (TPSA) is 60.5 Å². The zero-order valence-corrected chi connectivity index (χ0v) is 12.8. The molecule has 1 aromatic heterocycles. The maximum absolute atomic E-state index is 12.2. The lowest BCUT2D eigenvalue weighted by atomic mass is 10.1. The molecule has 0 bridgehead atoms. The zero-order valence-electron chi connectivity index (χ0n) is 12.1. The lowest BCUT2D eigenvalue weighted by Gasteiger charge is -2.18. The molecule has 1 amide bonds. The second kappa shape index (κ2) is 6.23. The summed E-state index contributed by atoms with van der Waals surface area (Å²) in [6.45, 7) is 2.86. The number of nitrogens with one attached hydrogen (secondary N) is 1. The Kier molecular flexibility index (Phi) is 4.15. The van der Waals surface area contributed by atoms with Crippen molar-refractivity contribution in [2.45, 2.75) is 13.3 Å². The molecule has 0 atom stereocenters. The number of hydrogen-bond acceptors (Lipinski definition) is 4. The van der Waals surface area contributed by atoms with Crippen LogP contribution in [-0.2, 0) is 11.2 Å². The predicted molar refractivity (Wildman–Crippen MR) is 83.7 cm³/mol. The summed E-state index contributed by atoms with van der Waals surface area (Å²) in [5, 5.41) is 3.25. The lowest BCUT2D eigenvalue weighted by Crippen LogP contribution is -2.17. The Labute approximate surface area is 133 Å². The summed E-state index contributed by atoms with van der Waals surface area (Å²) in [5.41, 5.74) is 2.10. The number of carbonyl (C=O) groups is 1. The minimum absolute atomic E-state index is 0.149. The van der Waals surface area contributed by atoms with Crippen molar-refractivity contribution in [2.24, 2.45) is 0 Å². The van der Waals surface area contributed by atoms with Crippen molar-refractivity contribution in [1.29, 1.82) is 0 Å². The summed E-state index contributed by atoms with van der Waals surface area (Å²) < 4.78 is 11.0. The normalized spacial score (nSPS) is 12.8. The standard InChI is InChI=1S/C16H15ClN2O3/c1-10-16(17)12(4-5-18-10)19-15(20)9-11-2-3-13-14(8-11)22-7-6-21-13/h2-5,8H,6-7,9H2,1H3,(H,18,19,20). The molecular weight excluding hydrogens is 304 g/mol. The molecule has 0 aliphatic carbocycles. The van der Waals surface area contributed by atoms with Crippen LogP contribution in [0.5, 0.6) is 11.5 Å². The van der Waals surface area contributed by atoms with E-state index in [1.807, 2.05) is 18.2 Å². The van der Waals surface area contributed by atoms with Gasteiger partial charge in [-0.3, -0.25) is 9.78 Å². The van der Waals surface area contributed by atoms with Crippen molar-refractivity contribution >= 4 is 23.2 Å². The van der Waals surface area contributed by atoms with Crippen molar-refractivity contribution in [2.75, 3.05) is 18.5 Å². The number of ether oxygens (including phenoxy) is 2. The molecule has 0 saturated heterocycles. The quantitative estimate of drug-likeness (QED) is 0.945. The number of benzene rings is 1. The number of halogens is 1. The molecule has 1 aliphatic heterocycles. The second-order valence-electron chi connectivity index (χ2n) is 4.96. The van der Waals surface area contributed by atoms with E-state index in [0.29, 0.717) is 41.1 Å². The van der Waals surface area contributed by atoms with E-state index in [9.17, 15) is 4.79 Å². The molecule has 0 saturated carbocycles. The lowest BCUT2D eigenvalue weighted by molar-refractivity contribution is -0.115. The number of hydrogen-bond donors (Lipinski definition) is 1. The zero-order chi connectivity index (χ0) is 15.5. The Hall–Kier alpha value is -2.27. The van der Waals surface area contributed by atoms with Crippen molar-refractivity contribution < 1.29 is 14.3 Å². The van der Waals surface area contributed by atoms with Gasteiger partial charge in [0.2, 0.25) is 5.91 Å². The first-order valence-electron chi connectivity index (χ1n) is 6.93. The number of nitrogens with zero attached hydrogens (tertiary/aromatic N) is 1. The van der Waals surface area contributed by atoms with Crippen LogP contribution in [0.1, 0.15) is 11.3 Å². The second-order valence-corrected chi connectivity index (χ2v) is 5.34. The molecule has 1 aromatic carbocycles. The average Bonchev–Trinajstić information content (AvgIpc) is 2.52. The van der Waals surface area contributed by atoms with Crippen LogP contribution in [0.25, 0.3) is 0 Å². The highest BCUT2D eigenvalue weighted by Crippen LogP contribution is 2.31. The molecule has 114 valence electrons. The molecular formula is C16H15ClN2O3.